The summed E-state index contributed by atoms with van der Waals surface area (Å²) in [6.45, 7) is 4.14. The molecule has 0 aliphatic rings. The summed E-state index contributed by atoms with van der Waals surface area (Å²) in [5, 5.41) is 0. The Morgan fingerprint density at radius 2 is 2.25 bits per heavy atom. The smallest absolute Gasteiger partial charge is 0.153 e. The summed E-state index contributed by atoms with van der Waals surface area (Å²) in [6, 6.07) is 3.64. The van der Waals surface area contributed by atoms with E-state index in [2.05, 4.69) is 15.9 Å². The topological polar surface area (TPSA) is 26.3 Å². The number of carbonyl (C=O) groups is 1. The third-order valence-corrected chi connectivity index (χ3v) is 2.86. The highest BCUT2D eigenvalue weighted by Crippen LogP contribution is 2.27. The molecule has 0 heterocycles. The molecule has 2 nitrogen and oxygen atoms in total. The molecule has 1 aromatic carbocycles. The number of hydrogen-bond acceptors (Lipinski definition) is 2. The summed E-state index contributed by atoms with van der Waals surface area (Å²) in [6.07, 6.45) is 0.785. The summed E-state index contributed by atoms with van der Waals surface area (Å²) in [7, 11) is 0. The van der Waals surface area contributed by atoms with Gasteiger partial charge in [-0.15, -0.1) is 0 Å². The first kappa shape index (κ1) is 13.3. The quantitative estimate of drug-likeness (QED) is 0.783. The van der Waals surface area contributed by atoms with Gasteiger partial charge < -0.3 is 4.74 Å². The van der Waals surface area contributed by atoms with E-state index in [9.17, 15) is 4.79 Å². The number of hydrogen-bond donors (Lipinski definition) is 0. The Morgan fingerprint density at radius 3 is 2.81 bits per heavy atom. The van der Waals surface area contributed by atoms with Crippen LogP contribution in [-0.2, 0) is 0 Å². The van der Waals surface area contributed by atoms with Gasteiger partial charge in [-0.2, -0.15) is 0 Å². The number of carbonyl (C=O) groups excluding carboxylic acids is 1. The van der Waals surface area contributed by atoms with Crippen molar-refractivity contribution < 1.29 is 9.53 Å². The molecule has 0 amide bonds. The number of aldehydes is 1. The van der Waals surface area contributed by atoms with Crippen molar-refractivity contribution in [2.75, 3.05) is 6.61 Å². The van der Waals surface area contributed by atoms with Gasteiger partial charge in [0.1, 0.15) is 12.4 Å². The predicted molar refractivity (Wildman–Crippen MR) is 69.4 cm³/mol. The molecule has 0 N–H and O–H groups in total. The van der Waals surface area contributed by atoms with Gasteiger partial charge in [0.2, 0.25) is 0 Å². The van der Waals surface area contributed by atoms with E-state index in [4.69, 9.17) is 16.3 Å². The first-order valence-electron chi connectivity index (χ1n) is 4.72. The number of ether oxygens (including phenoxy) is 1. The summed E-state index contributed by atoms with van der Waals surface area (Å²) in [4.78, 5) is 10.9. The lowest BCUT2D eigenvalue weighted by Crippen LogP contribution is -2.02. The molecule has 4 heteroatoms. The Balaban J connectivity index is 2.98. The van der Waals surface area contributed by atoms with Crippen LogP contribution in [0.1, 0.15) is 22.8 Å². The van der Waals surface area contributed by atoms with Crippen molar-refractivity contribution in [3.8, 4) is 5.75 Å². The Bertz CT molecular complexity index is 427. The standard InChI is InChI=1S/C12H12BrClO2/c1-8(5-14)7-16-12-9(2)3-11(13)4-10(12)6-15/h3-6H,7H2,1-2H3. The van der Waals surface area contributed by atoms with E-state index >= 15 is 0 Å². The lowest BCUT2D eigenvalue weighted by molar-refractivity contribution is 0.111. The van der Waals surface area contributed by atoms with E-state index in [1.807, 2.05) is 19.9 Å². The van der Waals surface area contributed by atoms with Gasteiger partial charge in [-0.25, -0.2) is 0 Å². The van der Waals surface area contributed by atoms with E-state index in [-0.39, 0.29) is 0 Å². The third-order valence-electron chi connectivity index (χ3n) is 2.03. The molecule has 0 unspecified atom stereocenters. The molecule has 0 atom stereocenters. The van der Waals surface area contributed by atoms with Crippen molar-refractivity contribution in [3.63, 3.8) is 0 Å². The molecule has 0 aliphatic carbocycles. The van der Waals surface area contributed by atoms with E-state index in [1.54, 1.807) is 6.07 Å². The minimum atomic E-state index is 0.382. The Kier molecular flexibility index (Phi) is 5.03. The van der Waals surface area contributed by atoms with Crippen LogP contribution in [-0.4, -0.2) is 12.9 Å². The van der Waals surface area contributed by atoms with Crippen molar-refractivity contribution in [1.29, 1.82) is 0 Å². The molecule has 1 aromatic rings. The van der Waals surface area contributed by atoms with Crippen molar-refractivity contribution in [2.24, 2.45) is 0 Å². The number of rotatable bonds is 4. The number of aryl methyl sites for hydroxylation is 1. The first-order valence-corrected chi connectivity index (χ1v) is 5.95. The van der Waals surface area contributed by atoms with Crippen LogP contribution in [0.2, 0.25) is 0 Å². The zero-order valence-corrected chi connectivity index (χ0v) is 11.4. The van der Waals surface area contributed by atoms with Gasteiger partial charge in [0.15, 0.2) is 6.29 Å². The molecule has 0 fully saturated rings. The number of benzene rings is 1. The van der Waals surface area contributed by atoms with Crippen LogP contribution < -0.4 is 4.74 Å². The molecule has 0 saturated heterocycles. The lowest BCUT2D eigenvalue weighted by Gasteiger charge is -2.11. The highest BCUT2D eigenvalue weighted by atomic mass is 79.9. The zero-order valence-electron chi connectivity index (χ0n) is 9.09. The maximum atomic E-state index is 10.9. The van der Waals surface area contributed by atoms with Crippen LogP contribution in [0.15, 0.2) is 27.7 Å². The van der Waals surface area contributed by atoms with Crippen molar-refractivity contribution in [1.82, 2.24) is 0 Å². The maximum absolute atomic E-state index is 10.9. The highest BCUT2D eigenvalue weighted by molar-refractivity contribution is 9.10. The van der Waals surface area contributed by atoms with Crippen LogP contribution in [0.25, 0.3) is 0 Å². The highest BCUT2D eigenvalue weighted by Gasteiger charge is 2.08. The monoisotopic (exact) mass is 302 g/mol. The summed E-state index contributed by atoms with van der Waals surface area (Å²) in [5.74, 6) is 0.607. The fourth-order valence-electron chi connectivity index (χ4n) is 1.26. The zero-order chi connectivity index (χ0) is 12.1. The van der Waals surface area contributed by atoms with Gasteiger partial charge in [0, 0.05) is 10.0 Å². The van der Waals surface area contributed by atoms with Gasteiger partial charge in [0.25, 0.3) is 0 Å². The third kappa shape index (κ3) is 3.35. The molecule has 0 bridgehead atoms. The maximum Gasteiger partial charge on any atom is 0.153 e. The average molecular weight is 304 g/mol. The molecule has 16 heavy (non-hydrogen) atoms. The van der Waals surface area contributed by atoms with E-state index in [0.29, 0.717) is 17.9 Å². The molecular weight excluding hydrogens is 291 g/mol. The van der Waals surface area contributed by atoms with Crippen LogP contribution in [0.4, 0.5) is 0 Å². The van der Waals surface area contributed by atoms with Crippen LogP contribution >= 0.6 is 27.5 Å². The normalized spacial score (nSPS) is 11.4. The fourth-order valence-corrected chi connectivity index (χ4v) is 1.91. The molecule has 0 radical (unpaired) electrons. The van der Waals surface area contributed by atoms with Crippen molar-refractivity contribution >= 4 is 33.8 Å². The Morgan fingerprint density at radius 1 is 1.56 bits per heavy atom. The largest absolute Gasteiger partial charge is 0.488 e. The summed E-state index contributed by atoms with van der Waals surface area (Å²) < 4.78 is 6.43. The van der Waals surface area contributed by atoms with Gasteiger partial charge in [-0.3, -0.25) is 4.79 Å². The van der Waals surface area contributed by atoms with Crippen molar-refractivity contribution in [3.05, 3.63) is 38.8 Å². The Hall–Kier alpha value is -0.800. The summed E-state index contributed by atoms with van der Waals surface area (Å²) in [5.41, 5.74) is 3.82. The van der Waals surface area contributed by atoms with Crippen molar-refractivity contribution in [2.45, 2.75) is 13.8 Å². The van der Waals surface area contributed by atoms with Gasteiger partial charge in [-0.1, -0.05) is 27.5 Å². The molecule has 86 valence electrons. The van der Waals surface area contributed by atoms with E-state index in [1.165, 1.54) is 5.54 Å². The first-order chi connectivity index (χ1) is 7.58. The van der Waals surface area contributed by atoms with Gasteiger partial charge in [0.05, 0.1) is 5.56 Å². The van der Waals surface area contributed by atoms with E-state index < -0.39 is 0 Å². The van der Waals surface area contributed by atoms with Crippen LogP contribution in [0.5, 0.6) is 5.75 Å². The number of halogens is 2. The average Bonchev–Trinajstić information content (AvgIpc) is 2.26. The van der Waals surface area contributed by atoms with Crippen LogP contribution in [0, 0.1) is 6.92 Å². The SMILES string of the molecule is CC(=CCl)COc1c(C)cc(Br)cc1C=O. The predicted octanol–water partition coefficient (Wildman–Crippen LogP) is 4.09. The minimum Gasteiger partial charge on any atom is -0.488 e. The van der Waals surface area contributed by atoms with Gasteiger partial charge >= 0.3 is 0 Å². The molecule has 0 aromatic heterocycles. The second kappa shape index (κ2) is 6.06. The minimum absolute atomic E-state index is 0.382. The fraction of sp³-hybridized carbons (Fsp3) is 0.250. The molecule has 0 aliphatic heterocycles. The molecule has 1 rings (SSSR count). The van der Waals surface area contributed by atoms with E-state index in [0.717, 1.165) is 21.9 Å². The second-order valence-corrected chi connectivity index (χ2v) is 4.64. The summed E-state index contributed by atoms with van der Waals surface area (Å²) >= 11 is 8.87. The lowest BCUT2D eigenvalue weighted by atomic mass is 10.1. The van der Waals surface area contributed by atoms with Crippen LogP contribution in [0.3, 0.4) is 0 Å². The molecule has 0 saturated carbocycles. The second-order valence-electron chi connectivity index (χ2n) is 3.50. The Labute approximate surface area is 108 Å². The van der Waals surface area contributed by atoms with Gasteiger partial charge in [-0.05, 0) is 37.1 Å². The molecule has 0 spiro atoms. The molecular formula is C12H12BrClO2.